The Morgan fingerprint density at radius 2 is 1.25 bits per heavy atom. The van der Waals surface area contributed by atoms with Gasteiger partial charge in [-0.1, -0.05) is 0 Å². The van der Waals surface area contributed by atoms with Crippen molar-refractivity contribution in [2.24, 2.45) is 0 Å². The molecule has 0 saturated heterocycles. The van der Waals surface area contributed by atoms with Crippen molar-refractivity contribution in [2.75, 3.05) is 0 Å². The first-order valence-corrected chi connectivity index (χ1v) is 2.00. The summed E-state index contributed by atoms with van der Waals surface area (Å²) in [6.45, 7) is 0. The van der Waals surface area contributed by atoms with Crippen molar-refractivity contribution in [3.63, 3.8) is 0 Å². The van der Waals surface area contributed by atoms with Crippen LogP contribution in [0.4, 0.5) is 0 Å². The Morgan fingerprint density at radius 1 is 1.25 bits per heavy atom. The van der Waals surface area contributed by atoms with Crippen molar-refractivity contribution in [2.45, 2.75) is 0 Å². The molecule has 5 nitrogen and oxygen atoms in total. The smallest absolute Gasteiger partial charge is 1.00 e. The van der Waals surface area contributed by atoms with Crippen LogP contribution in [0, 0.1) is 0 Å². The van der Waals surface area contributed by atoms with Gasteiger partial charge in [0, 0.05) is 10.4 Å². The minimum Gasteiger partial charge on any atom is -1.00 e. The van der Waals surface area contributed by atoms with Crippen LogP contribution in [0.2, 0.25) is 0 Å². The summed E-state index contributed by atoms with van der Waals surface area (Å²) in [5, 5.41) is 0. The van der Waals surface area contributed by atoms with Gasteiger partial charge in [0.15, 0.2) is 0 Å². The second-order valence-electron chi connectivity index (χ2n) is 0.408. The van der Waals surface area contributed by atoms with Gasteiger partial charge in [0.2, 0.25) is 0 Å². The van der Waals surface area contributed by atoms with E-state index >= 15 is 0 Å². The van der Waals surface area contributed by atoms with Crippen LogP contribution in [0.15, 0.2) is 0 Å². The fraction of sp³-hybridized carbons (Fsp3) is 0. The number of hydrogen-bond donors (Lipinski definition) is 0. The first-order chi connectivity index (χ1) is 2.00. The molecular weight excluding hydrogens is 356 g/mol. The topological polar surface area (TPSA) is 112 Å². The van der Waals surface area contributed by atoms with Crippen LogP contribution >= 0.6 is 0 Å². The van der Waals surface area contributed by atoms with Crippen LogP contribution < -0.4 is 0 Å². The zero-order chi connectivity index (χ0) is 4.50. The molecular formula is H4BaO5PdS. The number of rotatable bonds is 0. The molecule has 0 aliphatic rings. The molecule has 0 saturated carbocycles. The predicted octanol–water partition coefficient (Wildman–Crippen LogP) is -2.32. The summed E-state index contributed by atoms with van der Waals surface area (Å²) in [5.74, 6) is 0. The van der Waals surface area contributed by atoms with E-state index in [2.05, 4.69) is 0 Å². The molecule has 0 aromatic heterocycles. The third-order valence-corrected chi connectivity index (χ3v) is 0. The molecule has 0 aromatic rings. The Morgan fingerprint density at radius 3 is 1.25 bits per heavy atom. The molecule has 0 fully saturated rings. The van der Waals surface area contributed by atoms with E-state index in [1.54, 1.807) is 0 Å². The van der Waals surface area contributed by atoms with Crippen LogP contribution in [0.3, 0.4) is 0 Å². The molecule has 2 N–H and O–H groups in total. The van der Waals surface area contributed by atoms with Crippen LogP contribution in [0.5, 0.6) is 0 Å². The molecule has 8 heavy (non-hydrogen) atoms. The van der Waals surface area contributed by atoms with Crippen molar-refractivity contribution in [3.8, 4) is 0 Å². The maximum Gasteiger partial charge on any atom is 2.00 e. The van der Waals surface area contributed by atoms with Crippen LogP contribution in [0.25, 0.3) is 0 Å². The fourth-order valence-electron chi connectivity index (χ4n) is 0. The van der Waals surface area contributed by atoms with Crippen LogP contribution in [0.1, 0.15) is 2.85 Å². The van der Waals surface area contributed by atoms with E-state index in [9.17, 15) is 0 Å². The molecule has 0 aliphatic carbocycles. The first kappa shape index (κ1) is 22.5. The van der Waals surface area contributed by atoms with Crippen LogP contribution in [-0.2, 0) is 30.8 Å². The summed E-state index contributed by atoms with van der Waals surface area (Å²) >= 11 is 0. The predicted molar refractivity (Wildman–Crippen MR) is 22.1 cm³/mol. The minimum absolute atomic E-state index is 0. The maximum atomic E-state index is 8.52. The van der Waals surface area contributed by atoms with Gasteiger partial charge >= 0.3 is 69.3 Å². The zero-order valence-corrected chi connectivity index (χ0v) is 10.4. The fourth-order valence-corrected chi connectivity index (χ4v) is 0. The Hall–Kier alpha value is 2.06. The van der Waals surface area contributed by atoms with E-state index in [0.717, 1.165) is 0 Å². The first-order valence-electron chi connectivity index (χ1n) is 0.667. The molecule has 0 radical (unpaired) electrons. The van der Waals surface area contributed by atoms with E-state index in [1.165, 1.54) is 0 Å². The molecule has 0 heterocycles. The van der Waals surface area contributed by atoms with Crippen molar-refractivity contribution >= 4 is 59.3 Å². The standard InChI is InChI=1S/Ba.H2O4S.H2O.Pd.2H/c;1-5(2,3)4;;;;/h;(H2,1,2,3,4);1H2;;;/q+2;;;+2;2*-1/p-2. The SMILES string of the molecule is O.O=S(=O)([O-])[O-].[Ba+2].[H-].[H-].[Pd+2]. The quantitative estimate of drug-likeness (QED) is 0.274. The van der Waals surface area contributed by atoms with E-state index < -0.39 is 10.4 Å². The van der Waals surface area contributed by atoms with E-state index in [1.807, 2.05) is 0 Å². The maximum absolute atomic E-state index is 8.52. The van der Waals surface area contributed by atoms with Crippen molar-refractivity contribution in [1.82, 2.24) is 0 Å². The summed E-state index contributed by atoms with van der Waals surface area (Å²) in [4.78, 5) is 0. The van der Waals surface area contributed by atoms with Crippen LogP contribution in [-0.4, -0.2) is 71.9 Å². The second kappa shape index (κ2) is 9.06. The summed E-state index contributed by atoms with van der Waals surface area (Å²) in [6, 6.07) is 0. The molecule has 0 bridgehead atoms. The van der Waals surface area contributed by atoms with E-state index in [0.29, 0.717) is 0 Å². The molecule has 0 rings (SSSR count). The van der Waals surface area contributed by atoms with Gasteiger partial charge in [0.1, 0.15) is 0 Å². The Labute approximate surface area is 104 Å². The molecule has 0 aromatic carbocycles. The molecule has 0 unspecified atom stereocenters. The third-order valence-electron chi connectivity index (χ3n) is 0. The Balaban J connectivity index is -0.00000000800. The largest absolute Gasteiger partial charge is 2.00 e. The molecule has 52 valence electrons. The molecule has 0 amide bonds. The van der Waals surface area contributed by atoms with Crippen molar-refractivity contribution < 1.29 is 46.3 Å². The average molecular weight is 360 g/mol. The normalized spacial score (nSPS) is 7.25. The summed E-state index contributed by atoms with van der Waals surface area (Å²) < 4.78 is 34.1. The van der Waals surface area contributed by atoms with E-state index in [-0.39, 0.29) is 77.6 Å². The monoisotopic (exact) mass is 360 g/mol. The van der Waals surface area contributed by atoms with Gasteiger partial charge in [-0.15, -0.1) is 0 Å². The molecule has 8 heteroatoms. The summed E-state index contributed by atoms with van der Waals surface area (Å²) in [7, 11) is -5.17. The summed E-state index contributed by atoms with van der Waals surface area (Å²) in [5.41, 5.74) is 0. The average Bonchev–Trinajstić information content (AvgIpc) is 0.722. The Bertz CT molecular complexity index is 103. The number of hydrogen-bond acceptors (Lipinski definition) is 4. The van der Waals surface area contributed by atoms with Crippen molar-refractivity contribution in [1.29, 1.82) is 0 Å². The van der Waals surface area contributed by atoms with Gasteiger partial charge in [-0.05, 0) is 0 Å². The van der Waals surface area contributed by atoms with Gasteiger partial charge in [-0.2, -0.15) is 0 Å². The molecule has 0 spiro atoms. The summed E-state index contributed by atoms with van der Waals surface area (Å²) in [6.07, 6.45) is 0. The van der Waals surface area contributed by atoms with Gasteiger partial charge in [-0.25, -0.2) is 0 Å². The molecule has 0 aliphatic heterocycles. The molecule has 0 atom stereocenters. The Kier molecular flexibility index (Phi) is 25.5. The van der Waals surface area contributed by atoms with Gasteiger partial charge in [0.25, 0.3) is 0 Å². The van der Waals surface area contributed by atoms with Gasteiger partial charge in [-0.3, -0.25) is 8.42 Å². The van der Waals surface area contributed by atoms with E-state index in [4.69, 9.17) is 17.5 Å². The second-order valence-corrected chi connectivity index (χ2v) is 1.22. The minimum atomic E-state index is -5.17. The van der Waals surface area contributed by atoms with Crippen molar-refractivity contribution in [3.05, 3.63) is 0 Å². The third kappa shape index (κ3) is 94.5. The van der Waals surface area contributed by atoms with Gasteiger partial charge < -0.3 is 17.4 Å². The van der Waals surface area contributed by atoms with Gasteiger partial charge in [0.05, 0.1) is 0 Å². The zero-order valence-electron chi connectivity index (χ0n) is 5.56.